The summed E-state index contributed by atoms with van der Waals surface area (Å²) in [7, 11) is 0. The Morgan fingerprint density at radius 3 is 2.72 bits per heavy atom. The summed E-state index contributed by atoms with van der Waals surface area (Å²) in [5, 5.41) is 15.4. The summed E-state index contributed by atoms with van der Waals surface area (Å²) in [5.74, 6) is -3.62. The Bertz CT molecular complexity index is 861. The van der Waals surface area contributed by atoms with Gasteiger partial charge in [-0.2, -0.15) is 8.78 Å². The third-order valence-corrected chi connectivity index (χ3v) is 8.44. The van der Waals surface area contributed by atoms with E-state index >= 15 is 0 Å². The molecule has 5 unspecified atom stereocenters. The van der Waals surface area contributed by atoms with Crippen LogP contribution < -0.4 is 10.1 Å². The minimum absolute atomic E-state index is 0.0618. The van der Waals surface area contributed by atoms with E-state index < -0.39 is 24.4 Å². The van der Waals surface area contributed by atoms with Crippen LogP contribution in [0.1, 0.15) is 62.9 Å². The van der Waals surface area contributed by atoms with Gasteiger partial charge in [-0.3, -0.25) is 4.79 Å². The Labute approximate surface area is 190 Å². The molecule has 10 heteroatoms. The lowest BCUT2D eigenvalue weighted by Gasteiger charge is -2.26. The Kier molecular flexibility index (Phi) is 6.70. The zero-order chi connectivity index (χ0) is 23.0. The minimum Gasteiger partial charge on any atom is -0.477 e. The summed E-state index contributed by atoms with van der Waals surface area (Å²) in [6, 6.07) is 0.0663. The van der Waals surface area contributed by atoms with Crippen LogP contribution in [0.5, 0.6) is 5.88 Å². The van der Waals surface area contributed by atoms with Gasteiger partial charge in [-0.15, -0.1) is 11.8 Å². The smallest absolute Gasteiger partial charge is 0.378 e. The van der Waals surface area contributed by atoms with Crippen LogP contribution in [0.25, 0.3) is 0 Å². The van der Waals surface area contributed by atoms with Crippen molar-refractivity contribution in [1.29, 1.82) is 0 Å². The molecule has 178 valence electrons. The van der Waals surface area contributed by atoms with Gasteiger partial charge in [0.2, 0.25) is 5.76 Å². The molecule has 0 saturated heterocycles. The first-order valence-corrected chi connectivity index (χ1v) is 12.3. The number of thioether (sulfide) groups is 1. The molecule has 2 N–H and O–H groups in total. The zero-order valence-electron chi connectivity index (χ0n) is 18.3. The first kappa shape index (κ1) is 23.3. The van der Waals surface area contributed by atoms with Crippen LogP contribution in [0.4, 0.5) is 8.78 Å². The second kappa shape index (κ2) is 9.19. The predicted molar refractivity (Wildman–Crippen MR) is 113 cm³/mol. The highest BCUT2D eigenvalue weighted by molar-refractivity contribution is 7.99. The van der Waals surface area contributed by atoms with Gasteiger partial charge in [0.25, 0.3) is 11.8 Å². The van der Waals surface area contributed by atoms with Gasteiger partial charge in [-0.05, 0) is 73.3 Å². The number of carboxylic acid groups (broad SMARTS) is 1. The molecule has 32 heavy (non-hydrogen) atoms. The normalized spacial score (nSPS) is 29.2. The third kappa shape index (κ3) is 4.89. The van der Waals surface area contributed by atoms with Crippen molar-refractivity contribution in [2.24, 2.45) is 29.6 Å². The maximum Gasteiger partial charge on any atom is 0.378 e. The van der Waals surface area contributed by atoms with Gasteiger partial charge in [-0.25, -0.2) is 4.79 Å². The molecule has 5 atom stereocenters. The number of hydrogen-bond donors (Lipinski definition) is 2. The predicted octanol–water partition coefficient (Wildman–Crippen LogP) is 4.47. The molecule has 1 heterocycles. The van der Waals surface area contributed by atoms with E-state index in [1.54, 1.807) is 0 Å². The maximum absolute atomic E-state index is 13.5. The van der Waals surface area contributed by atoms with Crippen LogP contribution in [0.2, 0.25) is 0 Å². The number of carboxylic acids is 1. The van der Waals surface area contributed by atoms with Crippen molar-refractivity contribution in [2.75, 3.05) is 12.4 Å². The molecule has 1 aromatic rings. The number of alkyl halides is 2. The number of halogens is 2. The molecule has 0 spiro atoms. The first-order chi connectivity index (χ1) is 15.1. The van der Waals surface area contributed by atoms with Crippen LogP contribution in [0.3, 0.4) is 0 Å². The summed E-state index contributed by atoms with van der Waals surface area (Å²) < 4.78 is 37.2. The number of ether oxygens (including phenoxy) is 1. The Balaban J connectivity index is 1.49. The van der Waals surface area contributed by atoms with E-state index in [0.29, 0.717) is 17.6 Å². The average molecular weight is 473 g/mol. The molecule has 3 fully saturated rings. The second-order valence-electron chi connectivity index (χ2n) is 9.91. The van der Waals surface area contributed by atoms with Gasteiger partial charge >= 0.3 is 11.9 Å². The lowest BCUT2D eigenvalue weighted by atomic mass is 9.80. The number of aliphatic carboxylic acids is 1. The largest absolute Gasteiger partial charge is 0.477 e. The molecule has 3 bridgehead atoms. The number of hydrogen-bond acceptors (Lipinski definition) is 6. The molecular weight excluding hydrogens is 442 g/mol. The highest BCUT2D eigenvalue weighted by Crippen LogP contribution is 2.53. The van der Waals surface area contributed by atoms with Crippen molar-refractivity contribution >= 4 is 23.6 Å². The van der Waals surface area contributed by atoms with Crippen molar-refractivity contribution < 1.29 is 32.7 Å². The molecule has 0 aliphatic heterocycles. The van der Waals surface area contributed by atoms with E-state index in [4.69, 9.17) is 14.4 Å². The fraction of sp³-hybridized carbons (Fsp3) is 0.773. The van der Waals surface area contributed by atoms with Gasteiger partial charge in [0.1, 0.15) is 4.90 Å². The molecule has 3 aliphatic carbocycles. The molecule has 0 radical (unpaired) electrons. The van der Waals surface area contributed by atoms with Gasteiger partial charge < -0.3 is 19.7 Å². The number of carbonyl (C=O) groups excluding carboxylic acids is 1. The van der Waals surface area contributed by atoms with Crippen molar-refractivity contribution in [2.45, 2.75) is 69.2 Å². The lowest BCUT2D eigenvalue weighted by Crippen LogP contribution is -2.41. The van der Waals surface area contributed by atoms with Crippen molar-refractivity contribution in [3.63, 3.8) is 0 Å². The fourth-order valence-corrected chi connectivity index (χ4v) is 6.59. The van der Waals surface area contributed by atoms with Crippen molar-refractivity contribution in [3.8, 4) is 5.88 Å². The van der Waals surface area contributed by atoms with Gasteiger partial charge in [0.15, 0.2) is 6.61 Å². The molecule has 7 nitrogen and oxygen atoms in total. The molecule has 1 amide bonds. The zero-order valence-corrected chi connectivity index (χ0v) is 19.1. The summed E-state index contributed by atoms with van der Waals surface area (Å²) in [4.78, 5) is 24.1. The topological polar surface area (TPSA) is 102 Å². The lowest BCUT2D eigenvalue weighted by molar-refractivity contribution is -0.169. The summed E-state index contributed by atoms with van der Waals surface area (Å²) in [5.41, 5.74) is 0. The van der Waals surface area contributed by atoms with E-state index in [9.17, 15) is 18.4 Å². The monoisotopic (exact) mass is 472 g/mol. The average Bonchev–Trinajstić information content (AvgIpc) is 3.24. The minimum atomic E-state index is -4.07. The number of nitrogens with zero attached hydrogens (tertiary/aromatic N) is 1. The highest BCUT2D eigenvalue weighted by atomic mass is 32.2. The van der Waals surface area contributed by atoms with Crippen molar-refractivity contribution in [3.05, 3.63) is 5.76 Å². The summed E-state index contributed by atoms with van der Waals surface area (Å²) in [6.45, 7) is 2.58. The van der Waals surface area contributed by atoms with Crippen LogP contribution in [-0.2, 0) is 4.79 Å². The maximum atomic E-state index is 13.5. The van der Waals surface area contributed by atoms with Crippen LogP contribution in [0.15, 0.2) is 9.42 Å². The highest BCUT2D eigenvalue weighted by Gasteiger charge is 2.47. The Morgan fingerprint density at radius 2 is 2.00 bits per heavy atom. The molecular formula is C22H30F2N2O5S. The molecule has 0 aromatic carbocycles. The van der Waals surface area contributed by atoms with Gasteiger partial charge in [0.05, 0.1) is 0 Å². The van der Waals surface area contributed by atoms with E-state index in [1.165, 1.54) is 31.0 Å². The third-order valence-electron chi connectivity index (χ3n) is 6.96. The molecule has 3 saturated carbocycles. The SMILES string of the molecule is CC(C)CSc1c(OCC(F)(F)C(=O)O)noc1C(=O)NC1CCC2CC3CC(C2)C1C3. The van der Waals surface area contributed by atoms with Crippen LogP contribution in [0, 0.1) is 29.6 Å². The van der Waals surface area contributed by atoms with E-state index in [2.05, 4.69) is 10.5 Å². The van der Waals surface area contributed by atoms with Crippen LogP contribution in [-0.4, -0.2) is 46.5 Å². The first-order valence-electron chi connectivity index (χ1n) is 11.3. The molecule has 4 rings (SSSR count). The quantitative estimate of drug-likeness (QED) is 0.512. The van der Waals surface area contributed by atoms with Crippen molar-refractivity contribution in [1.82, 2.24) is 10.5 Å². The Hall–Kier alpha value is -1.84. The number of aromatic nitrogens is 1. The Morgan fingerprint density at radius 1 is 1.25 bits per heavy atom. The van der Waals surface area contributed by atoms with E-state index in [-0.39, 0.29) is 28.5 Å². The number of rotatable bonds is 9. The molecule has 1 aromatic heterocycles. The number of amides is 1. The van der Waals surface area contributed by atoms with Gasteiger partial charge in [0, 0.05) is 11.8 Å². The van der Waals surface area contributed by atoms with Gasteiger partial charge in [-0.1, -0.05) is 13.8 Å². The number of fused-ring (bicyclic) bond motifs is 2. The summed E-state index contributed by atoms with van der Waals surface area (Å²) in [6.07, 6.45) is 7.01. The number of nitrogens with one attached hydrogen (secondary N) is 1. The summed E-state index contributed by atoms with van der Waals surface area (Å²) >= 11 is 1.23. The standard InChI is InChI=1S/C22H30F2N2O5S/c1-11(2)9-32-18-17(31-26-20(18)30-10-22(23,24)21(28)29)19(27)25-16-4-3-12-5-13-7-14(6-12)15(16)8-13/h11-16H,3-10H2,1-2H3,(H,25,27)(H,28,29). The van der Waals surface area contributed by atoms with Crippen LogP contribution >= 0.6 is 11.8 Å². The number of carbonyl (C=O) groups is 2. The molecule has 3 aliphatic rings. The van der Waals surface area contributed by atoms with E-state index in [1.807, 2.05) is 13.8 Å². The fourth-order valence-electron chi connectivity index (χ4n) is 5.61. The van der Waals surface area contributed by atoms with E-state index in [0.717, 1.165) is 31.1 Å². The second-order valence-corrected chi connectivity index (χ2v) is 10.9.